The molecule has 2 atom stereocenters. The van der Waals surface area contributed by atoms with E-state index in [0.717, 1.165) is 39.1 Å². The summed E-state index contributed by atoms with van der Waals surface area (Å²) < 4.78 is 5.47. The van der Waals surface area contributed by atoms with Gasteiger partial charge in [-0.1, -0.05) is 49.4 Å². The fourth-order valence-corrected chi connectivity index (χ4v) is 4.26. The Labute approximate surface area is 163 Å². The normalized spacial score (nSPS) is 18.1. The first-order valence-electron chi connectivity index (χ1n) is 10.0. The number of hydrogen-bond acceptors (Lipinski definition) is 4. The van der Waals surface area contributed by atoms with Gasteiger partial charge in [-0.2, -0.15) is 0 Å². The van der Waals surface area contributed by atoms with Crippen LogP contribution in [-0.2, 0) is 11.2 Å². The van der Waals surface area contributed by atoms with Crippen LogP contribution < -0.4 is 15.5 Å². The second-order valence-electron chi connectivity index (χ2n) is 7.33. The largest absolute Gasteiger partial charge is 0.378 e. The van der Waals surface area contributed by atoms with Gasteiger partial charge in [0.1, 0.15) is 0 Å². The molecule has 1 fully saturated rings. The van der Waals surface area contributed by atoms with Gasteiger partial charge in [-0.05, 0) is 50.2 Å². The summed E-state index contributed by atoms with van der Waals surface area (Å²) in [7, 11) is 4.15. The lowest BCUT2D eigenvalue weighted by Crippen LogP contribution is -2.53. The second kappa shape index (κ2) is 9.36. The summed E-state index contributed by atoms with van der Waals surface area (Å²) in [5.74, 6) is 0. The molecule has 0 spiro atoms. The number of nitrogens with zero attached hydrogens (tertiary/aromatic N) is 1. The van der Waals surface area contributed by atoms with Crippen molar-refractivity contribution in [2.24, 2.45) is 0 Å². The lowest BCUT2D eigenvalue weighted by atomic mass is 9.78. The molecule has 0 aromatic heterocycles. The highest BCUT2D eigenvalue weighted by atomic mass is 16.5. The second-order valence-corrected chi connectivity index (χ2v) is 7.33. The number of likely N-dealkylation sites (N-methyl/N-ethyl adjacent to an activating group) is 2. The van der Waals surface area contributed by atoms with Gasteiger partial charge in [0.05, 0.1) is 19.3 Å². The number of rotatable bonds is 8. The smallest absolute Gasteiger partial charge is 0.0642 e. The summed E-state index contributed by atoms with van der Waals surface area (Å²) >= 11 is 0. The third-order valence-electron chi connectivity index (χ3n) is 5.94. The predicted molar refractivity (Wildman–Crippen MR) is 114 cm³/mol. The van der Waals surface area contributed by atoms with Crippen molar-refractivity contribution in [3.05, 3.63) is 65.7 Å². The molecule has 0 bridgehead atoms. The fraction of sp³-hybridized carbons (Fsp3) is 0.478. The van der Waals surface area contributed by atoms with Crippen LogP contribution in [0.4, 0.5) is 5.69 Å². The molecule has 1 heterocycles. The van der Waals surface area contributed by atoms with Gasteiger partial charge in [0.25, 0.3) is 0 Å². The molecular weight excluding hydrogens is 334 g/mol. The molecule has 1 aliphatic heterocycles. The van der Waals surface area contributed by atoms with Crippen LogP contribution in [0.5, 0.6) is 0 Å². The monoisotopic (exact) mass is 367 g/mol. The van der Waals surface area contributed by atoms with Crippen molar-refractivity contribution < 1.29 is 4.74 Å². The maximum absolute atomic E-state index is 5.47. The number of anilines is 1. The number of nitrogens with one attached hydrogen (secondary N) is 2. The molecule has 2 aromatic carbocycles. The van der Waals surface area contributed by atoms with Crippen molar-refractivity contribution in [3.63, 3.8) is 0 Å². The first kappa shape index (κ1) is 19.9. The van der Waals surface area contributed by atoms with Crippen molar-refractivity contribution in [3.8, 4) is 0 Å². The van der Waals surface area contributed by atoms with Crippen molar-refractivity contribution >= 4 is 5.69 Å². The summed E-state index contributed by atoms with van der Waals surface area (Å²) in [6.07, 6.45) is 2.02. The highest BCUT2D eigenvalue weighted by Crippen LogP contribution is 2.33. The van der Waals surface area contributed by atoms with E-state index in [9.17, 15) is 0 Å². The topological polar surface area (TPSA) is 36.5 Å². The summed E-state index contributed by atoms with van der Waals surface area (Å²) in [6, 6.07) is 20.0. The van der Waals surface area contributed by atoms with Crippen LogP contribution in [0.3, 0.4) is 0 Å². The van der Waals surface area contributed by atoms with Crippen molar-refractivity contribution in [1.82, 2.24) is 10.6 Å². The number of morpholine rings is 1. The Morgan fingerprint density at radius 3 is 2.22 bits per heavy atom. The first-order chi connectivity index (χ1) is 13.2. The Balaban J connectivity index is 1.84. The molecule has 0 saturated carbocycles. The number of ether oxygens (including phenoxy) is 1. The van der Waals surface area contributed by atoms with Crippen molar-refractivity contribution in [2.45, 2.75) is 31.3 Å². The summed E-state index contributed by atoms with van der Waals surface area (Å²) in [5.41, 5.74) is 3.92. The molecule has 27 heavy (non-hydrogen) atoms. The molecule has 1 saturated heterocycles. The number of hydrogen-bond donors (Lipinski definition) is 2. The molecule has 4 heteroatoms. The van der Waals surface area contributed by atoms with Crippen LogP contribution in [-0.4, -0.2) is 45.9 Å². The minimum Gasteiger partial charge on any atom is -0.378 e. The molecule has 2 unspecified atom stereocenters. The first-order valence-corrected chi connectivity index (χ1v) is 10.0. The molecule has 0 radical (unpaired) electrons. The van der Waals surface area contributed by atoms with Gasteiger partial charge in [0, 0.05) is 24.3 Å². The SMILES string of the molecule is CCC(Cc1ccccc1)(NC)C(NC)c1ccc(N2CCOCC2)cc1. The summed E-state index contributed by atoms with van der Waals surface area (Å²) in [6.45, 7) is 5.84. The molecule has 2 aromatic rings. The Bertz CT molecular complexity index is 677. The lowest BCUT2D eigenvalue weighted by molar-refractivity contribution is 0.122. The van der Waals surface area contributed by atoms with E-state index in [1.165, 1.54) is 16.8 Å². The van der Waals surface area contributed by atoms with E-state index >= 15 is 0 Å². The Morgan fingerprint density at radius 1 is 1.00 bits per heavy atom. The van der Waals surface area contributed by atoms with Crippen molar-refractivity contribution in [2.75, 3.05) is 45.3 Å². The fourth-order valence-electron chi connectivity index (χ4n) is 4.26. The predicted octanol–water partition coefficient (Wildman–Crippen LogP) is 3.39. The van der Waals surface area contributed by atoms with E-state index in [4.69, 9.17) is 4.74 Å². The van der Waals surface area contributed by atoms with E-state index in [0.29, 0.717) is 0 Å². The highest BCUT2D eigenvalue weighted by Gasteiger charge is 2.36. The van der Waals surface area contributed by atoms with Crippen molar-refractivity contribution in [1.29, 1.82) is 0 Å². The van der Waals surface area contributed by atoms with Crippen LogP contribution in [0, 0.1) is 0 Å². The number of benzene rings is 2. The summed E-state index contributed by atoms with van der Waals surface area (Å²) in [5, 5.41) is 7.24. The standard InChI is InChI=1S/C23H33N3O/c1-4-23(25-3,18-19-8-6-5-7-9-19)22(24-2)20-10-12-21(13-11-20)26-14-16-27-17-15-26/h5-13,22,24-25H,4,14-18H2,1-3H3. The maximum Gasteiger partial charge on any atom is 0.0642 e. The minimum absolute atomic E-state index is 0.0451. The van der Waals surface area contributed by atoms with E-state index in [-0.39, 0.29) is 11.6 Å². The molecule has 1 aliphatic rings. The maximum atomic E-state index is 5.47. The minimum atomic E-state index is -0.0451. The Morgan fingerprint density at radius 2 is 1.67 bits per heavy atom. The van der Waals surface area contributed by atoms with Gasteiger partial charge >= 0.3 is 0 Å². The van der Waals surface area contributed by atoms with Crippen LogP contribution in [0.15, 0.2) is 54.6 Å². The molecule has 3 rings (SSSR count). The molecule has 0 aliphatic carbocycles. The Hall–Kier alpha value is -1.88. The van der Waals surface area contributed by atoms with Gasteiger partial charge in [-0.25, -0.2) is 0 Å². The third kappa shape index (κ3) is 4.52. The zero-order chi connectivity index (χ0) is 19.1. The lowest BCUT2D eigenvalue weighted by Gasteiger charge is -2.41. The van der Waals surface area contributed by atoms with Crippen LogP contribution >= 0.6 is 0 Å². The average Bonchev–Trinajstić information content (AvgIpc) is 2.75. The molecule has 146 valence electrons. The van der Waals surface area contributed by atoms with Gasteiger partial charge in [0.2, 0.25) is 0 Å². The zero-order valence-corrected chi connectivity index (χ0v) is 16.9. The zero-order valence-electron chi connectivity index (χ0n) is 16.9. The van der Waals surface area contributed by atoms with Crippen LogP contribution in [0.1, 0.15) is 30.5 Å². The van der Waals surface area contributed by atoms with Gasteiger partial charge in [-0.15, -0.1) is 0 Å². The highest BCUT2D eigenvalue weighted by molar-refractivity contribution is 5.48. The average molecular weight is 368 g/mol. The van der Waals surface area contributed by atoms with Crippen LogP contribution in [0.2, 0.25) is 0 Å². The van der Waals surface area contributed by atoms with Gasteiger partial charge in [0.15, 0.2) is 0 Å². The molecule has 2 N–H and O–H groups in total. The van der Waals surface area contributed by atoms with E-state index < -0.39 is 0 Å². The van der Waals surface area contributed by atoms with E-state index in [2.05, 4.69) is 91.1 Å². The molecule has 4 nitrogen and oxygen atoms in total. The summed E-state index contributed by atoms with van der Waals surface area (Å²) in [4.78, 5) is 2.40. The van der Waals surface area contributed by atoms with Crippen LogP contribution in [0.25, 0.3) is 0 Å². The van der Waals surface area contributed by atoms with E-state index in [1.54, 1.807) is 0 Å². The molecular formula is C23H33N3O. The third-order valence-corrected chi connectivity index (χ3v) is 5.94. The molecule has 0 amide bonds. The Kier molecular flexibility index (Phi) is 6.89. The van der Waals surface area contributed by atoms with Gasteiger partial charge < -0.3 is 20.3 Å². The van der Waals surface area contributed by atoms with E-state index in [1.807, 2.05) is 0 Å². The van der Waals surface area contributed by atoms with Gasteiger partial charge in [-0.3, -0.25) is 0 Å². The quantitative estimate of drug-likeness (QED) is 0.750.